The predicted molar refractivity (Wildman–Crippen MR) is 76.1 cm³/mol. The van der Waals surface area contributed by atoms with Crippen LogP contribution in [0, 0.1) is 23.7 Å². The maximum absolute atomic E-state index is 2.54. The van der Waals surface area contributed by atoms with Crippen LogP contribution in [0.25, 0.3) is 0 Å². The minimum absolute atomic E-state index is 1.09. The zero-order chi connectivity index (χ0) is 13.0. The lowest BCUT2D eigenvalue weighted by atomic mass is 9.60. The Labute approximate surface area is 113 Å². The van der Waals surface area contributed by atoms with E-state index in [1.165, 1.54) is 30.7 Å². The van der Waals surface area contributed by atoms with Gasteiger partial charge in [0, 0.05) is 11.8 Å². The van der Waals surface area contributed by atoms with E-state index in [2.05, 4.69) is 28.2 Å². The summed E-state index contributed by atoms with van der Waals surface area (Å²) in [5.74, 6) is 4.39. The lowest BCUT2D eigenvalue weighted by molar-refractivity contribution is -0.943. The van der Waals surface area contributed by atoms with Crippen molar-refractivity contribution in [1.82, 2.24) is 0 Å². The van der Waals surface area contributed by atoms with Gasteiger partial charge in [0.15, 0.2) is 0 Å². The van der Waals surface area contributed by atoms with Gasteiger partial charge in [-0.15, -0.1) is 0 Å². The number of likely N-dealkylation sites (tertiary alicyclic amines) is 1. The van der Waals surface area contributed by atoms with Gasteiger partial charge in [0.2, 0.25) is 0 Å². The zero-order valence-corrected chi connectivity index (χ0v) is 12.9. The maximum Gasteiger partial charge on any atom is 0.128 e. The average molecular weight is 252 g/mol. The molecule has 0 aromatic rings. The van der Waals surface area contributed by atoms with E-state index in [0.717, 1.165) is 28.2 Å². The summed E-state index contributed by atoms with van der Waals surface area (Å²) in [5, 5.41) is 0. The first-order valence-electron chi connectivity index (χ1n) is 8.00. The van der Waals surface area contributed by atoms with E-state index in [9.17, 15) is 0 Å². The Kier molecular flexibility index (Phi) is 3.02. The monoisotopic (exact) mass is 252 g/mol. The van der Waals surface area contributed by atoms with Gasteiger partial charge < -0.3 is 8.97 Å². The highest BCUT2D eigenvalue weighted by molar-refractivity contribution is 4.95. The maximum atomic E-state index is 2.54. The van der Waals surface area contributed by atoms with Crippen LogP contribution in [-0.2, 0) is 0 Å². The molecule has 4 aliphatic rings. The third-order valence-corrected chi connectivity index (χ3v) is 6.19. The standard InChI is InChI=1S/C16H32N2/c1-17(2,3)9-10-18(4)11-15-13-5-6-14(8-7-13)16(15)12-18/h13-16H,5-12H2,1-4H3/q+2. The summed E-state index contributed by atoms with van der Waals surface area (Å²) in [6.07, 6.45) is 6.23. The fourth-order valence-electron chi connectivity index (χ4n) is 5.09. The molecule has 0 radical (unpaired) electrons. The summed E-state index contributed by atoms with van der Waals surface area (Å²) in [4.78, 5) is 0. The first-order valence-corrected chi connectivity index (χ1v) is 8.00. The largest absolute Gasteiger partial charge is 0.326 e. The van der Waals surface area contributed by atoms with Gasteiger partial charge in [-0.3, -0.25) is 0 Å². The lowest BCUT2D eigenvalue weighted by Gasteiger charge is -2.43. The molecule has 4 fully saturated rings. The molecule has 0 aromatic heterocycles. The molecule has 2 atom stereocenters. The molecule has 1 aliphatic heterocycles. The second-order valence-electron chi connectivity index (χ2n) is 8.72. The number of rotatable bonds is 3. The van der Waals surface area contributed by atoms with Crippen LogP contribution in [0.5, 0.6) is 0 Å². The molecule has 4 rings (SSSR count). The molecule has 104 valence electrons. The van der Waals surface area contributed by atoms with E-state index in [4.69, 9.17) is 0 Å². The number of quaternary nitrogens is 2. The van der Waals surface area contributed by atoms with Gasteiger partial charge in [0.25, 0.3) is 0 Å². The summed E-state index contributed by atoms with van der Waals surface area (Å²) in [5.41, 5.74) is 0. The van der Waals surface area contributed by atoms with Gasteiger partial charge in [0.1, 0.15) is 13.1 Å². The first-order chi connectivity index (χ1) is 8.36. The summed E-state index contributed by atoms with van der Waals surface area (Å²) >= 11 is 0. The highest BCUT2D eigenvalue weighted by Gasteiger charge is 2.53. The van der Waals surface area contributed by atoms with Crippen molar-refractivity contribution in [3.05, 3.63) is 0 Å². The van der Waals surface area contributed by atoms with E-state index in [1.807, 2.05) is 0 Å². The molecule has 2 heteroatoms. The number of hydrogen-bond donors (Lipinski definition) is 0. The topological polar surface area (TPSA) is 0 Å². The van der Waals surface area contributed by atoms with Crippen molar-refractivity contribution in [2.75, 3.05) is 54.4 Å². The van der Waals surface area contributed by atoms with Crippen molar-refractivity contribution < 1.29 is 8.97 Å². The van der Waals surface area contributed by atoms with Gasteiger partial charge in [-0.25, -0.2) is 0 Å². The third-order valence-electron chi connectivity index (χ3n) is 6.19. The minimum atomic E-state index is 1.09. The minimum Gasteiger partial charge on any atom is -0.326 e. The molecule has 1 heterocycles. The molecule has 0 amide bonds. The highest BCUT2D eigenvalue weighted by atomic mass is 15.4. The van der Waals surface area contributed by atoms with Crippen LogP contribution in [0.3, 0.4) is 0 Å². The van der Waals surface area contributed by atoms with Crippen molar-refractivity contribution >= 4 is 0 Å². The van der Waals surface area contributed by atoms with Crippen LogP contribution in [0.4, 0.5) is 0 Å². The van der Waals surface area contributed by atoms with E-state index >= 15 is 0 Å². The van der Waals surface area contributed by atoms with Crippen molar-refractivity contribution in [3.63, 3.8) is 0 Å². The van der Waals surface area contributed by atoms with Gasteiger partial charge in [-0.05, 0) is 37.5 Å². The molecule has 2 nitrogen and oxygen atoms in total. The number of likely N-dealkylation sites (N-methyl/N-ethyl adjacent to an activating group) is 2. The third kappa shape index (κ3) is 2.34. The number of nitrogens with zero attached hydrogens (tertiary/aromatic N) is 2. The predicted octanol–water partition coefficient (Wildman–Crippen LogP) is 2.21. The smallest absolute Gasteiger partial charge is 0.128 e. The molecule has 18 heavy (non-hydrogen) atoms. The van der Waals surface area contributed by atoms with Gasteiger partial charge in [0.05, 0.1) is 41.3 Å². The summed E-state index contributed by atoms with van der Waals surface area (Å²) in [6, 6.07) is 0. The van der Waals surface area contributed by atoms with Crippen molar-refractivity contribution in [3.8, 4) is 0 Å². The fourth-order valence-corrected chi connectivity index (χ4v) is 5.09. The normalized spacial score (nSPS) is 47.3. The van der Waals surface area contributed by atoms with Crippen LogP contribution in [0.2, 0.25) is 0 Å². The quantitative estimate of drug-likeness (QED) is 0.676. The highest BCUT2D eigenvalue weighted by Crippen LogP contribution is 2.53. The van der Waals surface area contributed by atoms with E-state index in [0.29, 0.717) is 0 Å². The lowest BCUT2D eigenvalue weighted by Crippen LogP contribution is -2.50. The van der Waals surface area contributed by atoms with Gasteiger partial charge in [-0.1, -0.05) is 0 Å². The summed E-state index contributed by atoms with van der Waals surface area (Å²) < 4.78 is 2.49. The van der Waals surface area contributed by atoms with Crippen molar-refractivity contribution in [2.24, 2.45) is 23.7 Å². The summed E-state index contributed by atoms with van der Waals surface area (Å²) in [6.45, 7) is 5.69. The molecule has 0 spiro atoms. The van der Waals surface area contributed by atoms with E-state index < -0.39 is 0 Å². The molecule has 1 saturated heterocycles. The molecular formula is C16H32N2+2. The van der Waals surface area contributed by atoms with E-state index in [-0.39, 0.29) is 0 Å². The molecule has 3 saturated carbocycles. The molecular weight excluding hydrogens is 220 g/mol. The Hall–Kier alpha value is -0.0800. The second-order valence-corrected chi connectivity index (χ2v) is 8.72. The van der Waals surface area contributed by atoms with Crippen LogP contribution in [0.1, 0.15) is 25.7 Å². The molecule has 3 aliphatic carbocycles. The Balaban J connectivity index is 1.66. The fraction of sp³-hybridized carbons (Fsp3) is 1.00. The van der Waals surface area contributed by atoms with Crippen LogP contribution in [0.15, 0.2) is 0 Å². The Bertz CT molecular complexity index is 290. The van der Waals surface area contributed by atoms with Crippen LogP contribution >= 0.6 is 0 Å². The number of fused-ring (bicyclic) bond motifs is 2. The Morgan fingerprint density at radius 1 is 0.889 bits per heavy atom. The second kappa shape index (κ2) is 4.21. The van der Waals surface area contributed by atoms with Crippen LogP contribution < -0.4 is 0 Å². The van der Waals surface area contributed by atoms with Crippen molar-refractivity contribution in [1.29, 1.82) is 0 Å². The number of hydrogen-bond acceptors (Lipinski definition) is 0. The zero-order valence-electron chi connectivity index (χ0n) is 12.9. The first kappa shape index (κ1) is 12.9. The molecule has 2 unspecified atom stereocenters. The average Bonchev–Trinajstić information content (AvgIpc) is 2.67. The Morgan fingerprint density at radius 2 is 1.33 bits per heavy atom. The van der Waals surface area contributed by atoms with Gasteiger partial charge >= 0.3 is 0 Å². The molecule has 0 aromatic carbocycles. The van der Waals surface area contributed by atoms with E-state index in [1.54, 1.807) is 25.7 Å². The SMILES string of the molecule is C[N+](C)(C)CC[N+]1(C)CC2C3CCC(CC3)C2C1. The van der Waals surface area contributed by atoms with Gasteiger partial charge in [-0.2, -0.15) is 0 Å². The molecule has 0 N–H and O–H groups in total. The Morgan fingerprint density at radius 3 is 1.72 bits per heavy atom. The molecule has 2 bridgehead atoms. The van der Waals surface area contributed by atoms with Crippen molar-refractivity contribution in [2.45, 2.75) is 25.7 Å². The van der Waals surface area contributed by atoms with Crippen LogP contribution in [-0.4, -0.2) is 63.3 Å². The summed E-state index contributed by atoms with van der Waals surface area (Å²) in [7, 11) is 9.53.